The van der Waals surface area contributed by atoms with E-state index in [0.29, 0.717) is 69.4 Å². The number of H-pyrrole nitrogens is 1. The minimum atomic E-state index is -0.903. The molecule has 2 N–H and O–H groups in total. The Morgan fingerprint density at radius 1 is 1.12 bits per heavy atom. The average molecular weight is 580 g/mol. The number of aryl methyl sites for hydroxylation is 1. The smallest absolute Gasteiger partial charge is 0.409 e. The zero-order valence-corrected chi connectivity index (χ0v) is 23.3. The molecule has 1 unspecified atom stereocenters. The molecule has 0 bridgehead atoms. The molecule has 2 saturated heterocycles. The van der Waals surface area contributed by atoms with E-state index in [1.54, 1.807) is 16.7 Å². The molecule has 1 aromatic carbocycles. The van der Waals surface area contributed by atoms with Gasteiger partial charge in [-0.3, -0.25) is 9.59 Å². The monoisotopic (exact) mass is 579 g/mol. The van der Waals surface area contributed by atoms with Gasteiger partial charge in [0.1, 0.15) is 23.7 Å². The highest BCUT2D eigenvalue weighted by Crippen LogP contribution is 2.22. The molecule has 0 saturated carbocycles. The number of nitrogens with zero attached hydrogens (tertiary/aromatic N) is 7. The number of aromatic nitrogens is 6. The van der Waals surface area contributed by atoms with Crippen LogP contribution in [0.2, 0.25) is 0 Å². The predicted molar refractivity (Wildman–Crippen MR) is 146 cm³/mol. The van der Waals surface area contributed by atoms with Crippen molar-refractivity contribution in [3.05, 3.63) is 47.9 Å². The van der Waals surface area contributed by atoms with Crippen molar-refractivity contribution in [3.63, 3.8) is 0 Å². The van der Waals surface area contributed by atoms with Crippen molar-refractivity contribution < 1.29 is 28.6 Å². The van der Waals surface area contributed by atoms with Crippen LogP contribution in [0.4, 0.5) is 4.79 Å². The second-order valence-corrected chi connectivity index (χ2v) is 9.81. The van der Waals surface area contributed by atoms with Gasteiger partial charge in [0.25, 0.3) is 5.91 Å². The lowest BCUT2D eigenvalue weighted by molar-refractivity contribution is -0.135. The quantitative estimate of drug-likeness (QED) is 0.348. The van der Waals surface area contributed by atoms with Gasteiger partial charge in [0.05, 0.1) is 19.8 Å². The van der Waals surface area contributed by atoms with Gasteiger partial charge in [-0.25, -0.2) is 14.9 Å². The molecule has 42 heavy (non-hydrogen) atoms. The van der Waals surface area contributed by atoms with Crippen molar-refractivity contribution in [2.45, 2.75) is 38.3 Å². The van der Waals surface area contributed by atoms with E-state index >= 15 is 0 Å². The number of tetrazole rings is 1. The van der Waals surface area contributed by atoms with Gasteiger partial charge in [-0.1, -0.05) is 30.3 Å². The van der Waals surface area contributed by atoms with Gasteiger partial charge in [0, 0.05) is 50.7 Å². The molecular formula is C27H33N9O6. The summed E-state index contributed by atoms with van der Waals surface area (Å²) in [6.07, 6.45) is 0.674. The van der Waals surface area contributed by atoms with Crippen molar-refractivity contribution in [1.82, 2.24) is 45.7 Å². The Bertz CT molecular complexity index is 1340. The molecule has 2 aromatic heterocycles. The van der Waals surface area contributed by atoms with E-state index in [1.807, 2.05) is 30.3 Å². The Morgan fingerprint density at radius 3 is 2.60 bits per heavy atom. The number of hydrogen-bond donors (Lipinski definition) is 2. The van der Waals surface area contributed by atoms with E-state index in [2.05, 4.69) is 35.9 Å². The number of hydrogen-bond acceptors (Lipinski definition) is 11. The molecule has 15 heteroatoms. The fourth-order valence-corrected chi connectivity index (χ4v) is 4.69. The number of carbonyl (C=O) groups is 3. The largest absolute Gasteiger partial charge is 0.472 e. The van der Waals surface area contributed by atoms with Crippen molar-refractivity contribution in [3.8, 4) is 17.3 Å². The van der Waals surface area contributed by atoms with Gasteiger partial charge in [0.2, 0.25) is 11.8 Å². The highest BCUT2D eigenvalue weighted by molar-refractivity contribution is 5.96. The van der Waals surface area contributed by atoms with Crippen molar-refractivity contribution in [2.24, 2.45) is 0 Å². The predicted octanol–water partition coefficient (Wildman–Crippen LogP) is 0.856. The molecule has 3 aromatic rings. The van der Waals surface area contributed by atoms with Crippen LogP contribution in [0.3, 0.4) is 0 Å². The second kappa shape index (κ2) is 13.8. The number of carbonyl (C=O) groups excluding carboxylic acids is 3. The first kappa shape index (κ1) is 28.9. The number of rotatable bonds is 10. The molecule has 5 rings (SSSR count). The van der Waals surface area contributed by atoms with Crippen LogP contribution in [-0.4, -0.2) is 116 Å². The maximum Gasteiger partial charge on any atom is 0.409 e. The minimum absolute atomic E-state index is 0.0593. The van der Waals surface area contributed by atoms with Crippen LogP contribution in [0.1, 0.15) is 36.1 Å². The maximum absolute atomic E-state index is 13.7. The third-order valence-corrected chi connectivity index (χ3v) is 6.92. The van der Waals surface area contributed by atoms with Crippen LogP contribution in [0, 0.1) is 0 Å². The SMILES string of the molecule is CCOC(=O)N1CCN(C(=O)[C@H](CCc2nnn[nH]2)NC(=O)c2cc(OC3CCOC3)nc(-c3ccccc3)n2)CC1. The summed E-state index contributed by atoms with van der Waals surface area (Å²) < 4.78 is 16.5. The molecule has 2 aliphatic heterocycles. The molecule has 0 spiro atoms. The summed E-state index contributed by atoms with van der Waals surface area (Å²) in [7, 11) is 0. The zero-order valence-electron chi connectivity index (χ0n) is 23.3. The van der Waals surface area contributed by atoms with Gasteiger partial charge in [-0.2, -0.15) is 4.98 Å². The number of ether oxygens (including phenoxy) is 3. The summed E-state index contributed by atoms with van der Waals surface area (Å²) in [4.78, 5) is 51.6. The maximum atomic E-state index is 13.7. The van der Waals surface area contributed by atoms with Gasteiger partial charge >= 0.3 is 6.09 Å². The summed E-state index contributed by atoms with van der Waals surface area (Å²) in [6.45, 7) is 4.31. The standard InChI is InChI=1S/C27H33N9O6/c1-2-41-27(39)36-13-11-35(12-14-36)26(38)20(8-9-22-31-33-34-32-22)29-25(37)21-16-23(42-19-10-15-40-17-19)30-24(28-21)18-6-4-3-5-7-18/h3-7,16,19-20H,2,8-15,17H2,1H3,(H,29,37)(H,31,32,33,34)/t19?,20-/m0/s1. The average Bonchev–Trinajstić information content (AvgIpc) is 3.74. The van der Waals surface area contributed by atoms with E-state index in [-0.39, 0.29) is 36.6 Å². The Labute approximate surface area is 241 Å². The lowest BCUT2D eigenvalue weighted by atomic mass is 10.1. The summed E-state index contributed by atoms with van der Waals surface area (Å²) in [6, 6.07) is 9.83. The van der Waals surface area contributed by atoms with Gasteiger partial charge in [-0.05, 0) is 23.8 Å². The van der Waals surface area contributed by atoms with Crippen LogP contribution in [0.5, 0.6) is 5.88 Å². The lowest BCUT2D eigenvalue weighted by Gasteiger charge is -2.36. The molecule has 2 aliphatic rings. The summed E-state index contributed by atoms with van der Waals surface area (Å²) in [5, 5.41) is 16.6. The minimum Gasteiger partial charge on any atom is -0.472 e. The van der Waals surface area contributed by atoms with Gasteiger partial charge in [-0.15, -0.1) is 5.10 Å². The third kappa shape index (κ3) is 7.34. The fourth-order valence-electron chi connectivity index (χ4n) is 4.69. The number of benzene rings is 1. The molecule has 2 atom stereocenters. The van der Waals surface area contributed by atoms with Crippen molar-refractivity contribution in [1.29, 1.82) is 0 Å². The molecule has 0 radical (unpaired) electrons. The first-order valence-corrected chi connectivity index (χ1v) is 13.9. The Morgan fingerprint density at radius 2 is 1.90 bits per heavy atom. The van der Waals surface area contributed by atoms with Crippen LogP contribution in [-0.2, 0) is 20.7 Å². The molecule has 3 amide bonds. The van der Waals surface area contributed by atoms with E-state index in [0.717, 1.165) is 0 Å². The first-order valence-electron chi connectivity index (χ1n) is 13.9. The first-order chi connectivity index (χ1) is 20.5. The highest BCUT2D eigenvalue weighted by Gasteiger charge is 2.31. The molecular weight excluding hydrogens is 546 g/mol. The van der Waals surface area contributed by atoms with Gasteiger partial charge in [0.15, 0.2) is 5.82 Å². The van der Waals surface area contributed by atoms with Crippen LogP contribution in [0.25, 0.3) is 11.4 Å². The number of aromatic amines is 1. The van der Waals surface area contributed by atoms with Crippen LogP contribution >= 0.6 is 0 Å². The summed E-state index contributed by atoms with van der Waals surface area (Å²) in [5.41, 5.74) is 0.772. The van der Waals surface area contributed by atoms with Crippen LogP contribution < -0.4 is 10.1 Å². The third-order valence-electron chi connectivity index (χ3n) is 6.92. The molecule has 222 valence electrons. The number of piperazine rings is 1. The van der Waals surface area contributed by atoms with E-state index in [1.165, 1.54) is 6.07 Å². The Balaban J connectivity index is 1.34. The summed E-state index contributed by atoms with van der Waals surface area (Å²) in [5.74, 6) is 0.215. The molecule has 15 nitrogen and oxygen atoms in total. The normalized spacial score (nSPS) is 17.5. The molecule has 4 heterocycles. The topological polar surface area (TPSA) is 178 Å². The Hall–Kier alpha value is -4.66. The van der Waals surface area contributed by atoms with Crippen molar-refractivity contribution in [2.75, 3.05) is 46.0 Å². The molecule has 2 fully saturated rings. The van der Waals surface area contributed by atoms with Crippen LogP contribution in [0.15, 0.2) is 36.4 Å². The molecule has 0 aliphatic carbocycles. The highest BCUT2D eigenvalue weighted by atomic mass is 16.6. The Kier molecular flexibility index (Phi) is 9.48. The van der Waals surface area contributed by atoms with Gasteiger partial charge < -0.3 is 29.3 Å². The van der Waals surface area contributed by atoms with Crippen molar-refractivity contribution >= 4 is 17.9 Å². The lowest BCUT2D eigenvalue weighted by Crippen LogP contribution is -2.56. The van der Waals surface area contributed by atoms with E-state index in [4.69, 9.17) is 14.2 Å². The number of amides is 3. The van der Waals surface area contributed by atoms with E-state index in [9.17, 15) is 14.4 Å². The zero-order chi connectivity index (χ0) is 29.3. The second-order valence-electron chi connectivity index (χ2n) is 9.81. The summed E-state index contributed by atoms with van der Waals surface area (Å²) >= 11 is 0. The van der Waals surface area contributed by atoms with E-state index < -0.39 is 18.0 Å². The fraction of sp³-hybridized carbons (Fsp3) is 0.481. The number of nitrogens with one attached hydrogen (secondary N) is 2.